The van der Waals surface area contributed by atoms with Crippen LogP contribution in [0.15, 0.2) is 48.5 Å². The van der Waals surface area contributed by atoms with E-state index in [0.717, 1.165) is 24.3 Å². The maximum Gasteiger partial charge on any atom is 0.119 e. The van der Waals surface area contributed by atoms with Crippen molar-refractivity contribution in [3.8, 4) is 11.5 Å². The fourth-order valence-corrected chi connectivity index (χ4v) is 2.09. The molecule has 0 aliphatic carbocycles. The number of rotatable bonds is 6. The van der Waals surface area contributed by atoms with Crippen LogP contribution in [-0.4, -0.2) is 18.3 Å². The molecule has 0 aliphatic rings. The second-order valence-electron chi connectivity index (χ2n) is 4.98. The van der Waals surface area contributed by atoms with E-state index in [1.54, 1.807) is 19.2 Å². The molecule has 3 heteroatoms. The molecule has 0 saturated heterocycles. The van der Waals surface area contributed by atoms with Crippen molar-refractivity contribution in [1.29, 1.82) is 0 Å². The first-order valence-corrected chi connectivity index (χ1v) is 6.86. The lowest BCUT2D eigenvalue weighted by Gasteiger charge is -2.15. The molecule has 106 valence electrons. The van der Waals surface area contributed by atoms with Crippen molar-refractivity contribution in [3.05, 3.63) is 54.1 Å². The number of nitrogens with one attached hydrogen (secondary N) is 1. The Hall–Kier alpha value is -2.16. The first kappa shape index (κ1) is 14.3. The second-order valence-corrected chi connectivity index (χ2v) is 4.98. The van der Waals surface area contributed by atoms with Gasteiger partial charge < -0.3 is 15.2 Å². The van der Waals surface area contributed by atoms with Crippen LogP contribution in [0.1, 0.15) is 18.9 Å². The average molecular weight is 271 g/mol. The number of hydrogen-bond acceptors (Lipinski definition) is 3. The summed E-state index contributed by atoms with van der Waals surface area (Å²) in [5.41, 5.74) is 2.34. The molecule has 2 N–H and O–H groups in total. The van der Waals surface area contributed by atoms with E-state index < -0.39 is 0 Å². The maximum atomic E-state index is 9.25. The van der Waals surface area contributed by atoms with E-state index in [4.69, 9.17) is 4.74 Å². The molecule has 0 bridgehead atoms. The largest absolute Gasteiger partial charge is 0.508 e. The van der Waals surface area contributed by atoms with Gasteiger partial charge in [-0.2, -0.15) is 0 Å². The fraction of sp³-hybridized carbons (Fsp3) is 0.294. The Balaban J connectivity index is 1.82. The number of methoxy groups -OCH3 is 1. The van der Waals surface area contributed by atoms with Crippen LogP contribution in [0.3, 0.4) is 0 Å². The van der Waals surface area contributed by atoms with Crippen LogP contribution in [0.5, 0.6) is 11.5 Å². The lowest BCUT2D eigenvalue weighted by Crippen LogP contribution is -2.15. The Morgan fingerprint density at radius 1 is 1.05 bits per heavy atom. The lowest BCUT2D eigenvalue weighted by molar-refractivity contribution is 0.415. The second kappa shape index (κ2) is 6.85. The highest BCUT2D eigenvalue weighted by Crippen LogP contribution is 2.17. The van der Waals surface area contributed by atoms with Gasteiger partial charge in [0, 0.05) is 11.7 Å². The molecule has 2 aromatic rings. The van der Waals surface area contributed by atoms with Crippen molar-refractivity contribution < 1.29 is 9.84 Å². The van der Waals surface area contributed by atoms with Gasteiger partial charge in [-0.05, 0) is 61.7 Å². The summed E-state index contributed by atoms with van der Waals surface area (Å²) in [6.45, 7) is 2.17. The smallest absolute Gasteiger partial charge is 0.119 e. The summed E-state index contributed by atoms with van der Waals surface area (Å²) in [5, 5.41) is 12.7. The molecule has 0 heterocycles. The molecule has 0 aromatic heterocycles. The number of phenols is 1. The highest BCUT2D eigenvalue weighted by atomic mass is 16.5. The van der Waals surface area contributed by atoms with Crippen molar-refractivity contribution in [3.63, 3.8) is 0 Å². The highest BCUT2D eigenvalue weighted by Gasteiger charge is 2.03. The van der Waals surface area contributed by atoms with E-state index in [2.05, 4.69) is 12.2 Å². The van der Waals surface area contributed by atoms with Crippen molar-refractivity contribution in [2.45, 2.75) is 25.8 Å². The van der Waals surface area contributed by atoms with E-state index >= 15 is 0 Å². The molecule has 3 nitrogen and oxygen atoms in total. The minimum absolute atomic E-state index is 0.318. The summed E-state index contributed by atoms with van der Waals surface area (Å²) in [6, 6.07) is 15.7. The SMILES string of the molecule is COc1ccc(N[C@@H](C)CCc2ccc(O)cc2)cc1. The zero-order valence-corrected chi connectivity index (χ0v) is 12.0. The molecule has 20 heavy (non-hydrogen) atoms. The van der Waals surface area contributed by atoms with Crippen LogP contribution < -0.4 is 10.1 Å². The quantitative estimate of drug-likeness (QED) is 0.839. The van der Waals surface area contributed by atoms with Crippen LogP contribution in [0.2, 0.25) is 0 Å². The third kappa shape index (κ3) is 4.19. The molecule has 0 radical (unpaired) electrons. The molecule has 0 fully saturated rings. The lowest BCUT2D eigenvalue weighted by atomic mass is 10.1. The van der Waals surface area contributed by atoms with Gasteiger partial charge in [-0.25, -0.2) is 0 Å². The number of ether oxygens (including phenoxy) is 1. The molecular formula is C17H21NO2. The summed E-state index contributed by atoms with van der Waals surface area (Å²) < 4.78 is 5.14. The maximum absolute atomic E-state index is 9.25. The van der Waals surface area contributed by atoms with Gasteiger partial charge in [-0.15, -0.1) is 0 Å². The van der Waals surface area contributed by atoms with Crippen LogP contribution in [0, 0.1) is 0 Å². The Kier molecular flexibility index (Phi) is 4.88. The Morgan fingerprint density at radius 3 is 2.30 bits per heavy atom. The van der Waals surface area contributed by atoms with E-state index in [1.807, 2.05) is 36.4 Å². The number of benzene rings is 2. The standard InChI is InChI=1S/C17H21NO2/c1-13(3-4-14-5-9-16(19)10-6-14)18-15-7-11-17(20-2)12-8-15/h5-13,18-19H,3-4H2,1-2H3/t13-/m0/s1. The van der Waals surface area contributed by atoms with E-state index in [-0.39, 0.29) is 0 Å². The molecule has 0 unspecified atom stereocenters. The van der Waals surface area contributed by atoms with Gasteiger partial charge >= 0.3 is 0 Å². The molecule has 0 spiro atoms. The zero-order chi connectivity index (χ0) is 14.4. The summed E-state index contributed by atoms with van der Waals surface area (Å²) in [4.78, 5) is 0. The Labute approximate surface area is 120 Å². The molecule has 2 aromatic carbocycles. The van der Waals surface area contributed by atoms with Gasteiger partial charge in [0.25, 0.3) is 0 Å². The van der Waals surface area contributed by atoms with E-state index in [1.165, 1.54) is 5.56 Å². The van der Waals surface area contributed by atoms with Crippen molar-refractivity contribution in [2.75, 3.05) is 12.4 Å². The number of aryl methyl sites for hydroxylation is 1. The fourth-order valence-electron chi connectivity index (χ4n) is 2.09. The van der Waals surface area contributed by atoms with Crippen LogP contribution in [0.4, 0.5) is 5.69 Å². The third-order valence-electron chi connectivity index (χ3n) is 3.31. The monoisotopic (exact) mass is 271 g/mol. The van der Waals surface area contributed by atoms with Crippen molar-refractivity contribution in [2.24, 2.45) is 0 Å². The highest BCUT2D eigenvalue weighted by molar-refractivity contribution is 5.46. The summed E-state index contributed by atoms with van der Waals surface area (Å²) >= 11 is 0. The topological polar surface area (TPSA) is 41.5 Å². The van der Waals surface area contributed by atoms with Crippen LogP contribution >= 0.6 is 0 Å². The van der Waals surface area contributed by atoms with Gasteiger partial charge in [-0.3, -0.25) is 0 Å². The van der Waals surface area contributed by atoms with Crippen molar-refractivity contribution in [1.82, 2.24) is 0 Å². The molecule has 2 rings (SSSR count). The molecule has 0 saturated carbocycles. The first-order chi connectivity index (χ1) is 9.67. The van der Waals surface area contributed by atoms with E-state index in [9.17, 15) is 5.11 Å². The Morgan fingerprint density at radius 2 is 1.70 bits per heavy atom. The number of hydrogen-bond donors (Lipinski definition) is 2. The van der Waals surface area contributed by atoms with Crippen molar-refractivity contribution >= 4 is 5.69 Å². The minimum Gasteiger partial charge on any atom is -0.508 e. The summed E-state index contributed by atoms with van der Waals surface area (Å²) in [5.74, 6) is 1.19. The van der Waals surface area contributed by atoms with Gasteiger partial charge in [0.1, 0.15) is 11.5 Å². The first-order valence-electron chi connectivity index (χ1n) is 6.86. The number of aromatic hydroxyl groups is 1. The van der Waals surface area contributed by atoms with Gasteiger partial charge in [-0.1, -0.05) is 12.1 Å². The van der Waals surface area contributed by atoms with Crippen LogP contribution in [-0.2, 0) is 6.42 Å². The van der Waals surface area contributed by atoms with Gasteiger partial charge in [0.15, 0.2) is 0 Å². The van der Waals surface area contributed by atoms with Gasteiger partial charge in [0.2, 0.25) is 0 Å². The molecular weight excluding hydrogens is 250 g/mol. The Bertz CT molecular complexity index is 520. The van der Waals surface area contributed by atoms with Crippen LogP contribution in [0.25, 0.3) is 0 Å². The normalized spacial score (nSPS) is 11.9. The molecule has 0 aliphatic heterocycles. The predicted molar refractivity (Wildman–Crippen MR) is 82.5 cm³/mol. The average Bonchev–Trinajstić information content (AvgIpc) is 2.47. The minimum atomic E-state index is 0.318. The summed E-state index contributed by atoms with van der Waals surface area (Å²) in [7, 11) is 1.67. The summed E-state index contributed by atoms with van der Waals surface area (Å²) in [6.07, 6.45) is 2.03. The predicted octanol–water partition coefficient (Wildman–Crippen LogP) is 3.83. The third-order valence-corrected chi connectivity index (χ3v) is 3.31. The number of phenolic OH excluding ortho intramolecular Hbond substituents is 1. The molecule has 1 atom stereocenters. The molecule has 0 amide bonds. The van der Waals surface area contributed by atoms with E-state index in [0.29, 0.717) is 11.8 Å². The van der Waals surface area contributed by atoms with Gasteiger partial charge in [0.05, 0.1) is 7.11 Å². The number of anilines is 1. The zero-order valence-electron chi connectivity index (χ0n) is 12.0.